The van der Waals surface area contributed by atoms with Gasteiger partial charge >= 0.3 is 6.03 Å². The van der Waals surface area contributed by atoms with Crippen molar-refractivity contribution in [1.82, 2.24) is 10.3 Å². The van der Waals surface area contributed by atoms with Gasteiger partial charge in [-0.25, -0.2) is 13.2 Å². The molecule has 0 aliphatic carbocycles. The van der Waals surface area contributed by atoms with Gasteiger partial charge in [-0.05, 0) is 59.7 Å². The van der Waals surface area contributed by atoms with Crippen LogP contribution in [-0.2, 0) is 22.3 Å². The van der Waals surface area contributed by atoms with Crippen LogP contribution in [0.15, 0.2) is 73.1 Å². The Bertz CT molecular complexity index is 1140. The third-order valence-electron chi connectivity index (χ3n) is 4.06. The number of nitrogens with zero attached hydrogens (tertiary/aromatic N) is 2. The number of anilines is 2. The van der Waals surface area contributed by atoms with Gasteiger partial charge in [-0.2, -0.15) is 5.26 Å². The Balaban J connectivity index is 1.53. The molecule has 0 spiro atoms. The lowest BCUT2D eigenvalue weighted by Crippen LogP contribution is -2.28. The molecular formula is C21H19N5O3S. The number of benzene rings is 2. The summed E-state index contributed by atoms with van der Waals surface area (Å²) in [6, 6.07) is 17.9. The van der Waals surface area contributed by atoms with Gasteiger partial charge in [0, 0.05) is 30.3 Å². The molecule has 3 N–H and O–H groups in total. The van der Waals surface area contributed by atoms with E-state index in [-0.39, 0.29) is 11.8 Å². The zero-order chi connectivity index (χ0) is 21.4. The van der Waals surface area contributed by atoms with Crippen LogP contribution < -0.4 is 15.4 Å². The molecule has 3 aromatic rings. The SMILES string of the molecule is N#Cc1ccc(CS(=O)(=O)Nc2ccc(NC(=O)NCc3ccncc3)cc2)cc1. The molecule has 9 heteroatoms. The minimum atomic E-state index is -3.62. The van der Waals surface area contributed by atoms with E-state index >= 15 is 0 Å². The van der Waals surface area contributed by atoms with E-state index in [9.17, 15) is 13.2 Å². The molecular weight excluding hydrogens is 402 g/mol. The first-order valence-electron chi connectivity index (χ1n) is 8.97. The van der Waals surface area contributed by atoms with E-state index in [0.717, 1.165) is 5.56 Å². The maximum Gasteiger partial charge on any atom is 0.319 e. The normalized spacial score (nSPS) is 10.6. The molecule has 30 heavy (non-hydrogen) atoms. The highest BCUT2D eigenvalue weighted by molar-refractivity contribution is 7.91. The van der Waals surface area contributed by atoms with E-state index in [1.54, 1.807) is 73.1 Å². The summed E-state index contributed by atoms with van der Waals surface area (Å²) in [7, 11) is -3.62. The number of aromatic nitrogens is 1. The number of carbonyl (C=O) groups excluding carboxylic acids is 1. The fourth-order valence-corrected chi connectivity index (χ4v) is 3.79. The van der Waals surface area contributed by atoms with Gasteiger partial charge in [-0.15, -0.1) is 0 Å². The molecule has 1 aromatic heterocycles. The first-order chi connectivity index (χ1) is 14.4. The largest absolute Gasteiger partial charge is 0.334 e. The molecule has 8 nitrogen and oxygen atoms in total. The second kappa shape index (κ2) is 9.54. The van der Waals surface area contributed by atoms with Crippen molar-refractivity contribution in [3.63, 3.8) is 0 Å². The van der Waals surface area contributed by atoms with E-state index in [0.29, 0.717) is 29.0 Å². The van der Waals surface area contributed by atoms with Crippen LogP contribution in [0.4, 0.5) is 16.2 Å². The second-order valence-corrected chi connectivity index (χ2v) is 8.13. The lowest BCUT2D eigenvalue weighted by molar-refractivity contribution is 0.251. The van der Waals surface area contributed by atoms with Gasteiger partial charge < -0.3 is 10.6 Å². The van der Waals surface area contributed by atoms with E-state index in [4.69, 9.17) is 5.26 Å². The van der Waals surface area contributed by atoms with Crippen LogP contribution in [0.5, 0.6) is 0 Å². The Morgan fingerprint density at radius 3 is 2.17 bits per heavy atom. The van der Waals surface area contributed by atoms with Gasteiger partial charge in [-0.3, -0.25) is 9.71 Å². The molecule has 2 aromatic carbocycles. The van der Waals surface area contributed by atoms with Gasteiger partial charge in [0.1, 0.15) is 0 Å². The van der Waals surface area contributed by atoms with Gasteiger partial charge in [-0.1, -0.05) is 12.1 Å². The van der Waals surface area contributed by atoms with Crippen LogP contribution in [0.2, 0.25) is 0 Å². The summed E-state index contributed by atoms with van der Waals surface area (Å²) in [5, 5.41) is 14.2. The quantitative estimate of drug-likeness (QED) is 0.540. The Morgan fingerprint density at radius 2 is 1.53 bits per heavy atom. The molecule has 0 saturated carbocycles. The molecule has 0 bridgehead atoms. The van der Waals surface area contributed by atoms with Crippen molar-refractivity contribution in [2.24, 2.45) is 0 Å². The number of amides is 2. The van der Waals surface area contributed by atoms with Crippen LogP contribution in [-0.4, -0.2) is 19.4 Å². The third-order valence-corrected chi connectivity index (χ3v) is 5.32. The number of sulfonamides is 1. The molecule has 0 unspecified atom stereocenters. The number of carbonyl (C=O) groups is 1. The van der Waals surface area contributed by atoms with Crippen LogP contribution in [0, 0.1) is 11.3 Å². The monoisotopic (exact) mass is 421 g/mol. The van der Waals surface area contributed by atoms with Crippen molar-refractivity contribution >= 4 is 27.4 Å². The molecule has 3 rings (SSSR count). The lowest BCUT2D eigenvalue weighted by atomic mass is 10.2. The number of nitriles is 1. The van der Waals surface area contributed by atoms with E-state index in [1.165, 1.54) is 0 Å². The maximum atomic E-state index is 12.3. The number of pyridine rings is 1. The summed E-state index contributed by atoms with van der Waals surface area (Å²) in [6.07, 6.45) is 3.30. The second-order valence-electron chi connectivity index (χ2n) is 6.41. The van der Waals surface area contributed by atoms with E-state index < -0.39 is 10.0 Å². The molecule has 1 heterocycles. The third kappa shape index (κ3) is 6.32. The summed E-state index contributed by atoms with van der Waals surface area (Å²) < 4.78 is 27.2. The number of urea groups is 1. The molecule has 2 amide bonds. The highest BCUT2D eigenvalue weighted by Gasteiger charge is 2.12. The summed E-state index contributed by atoms with van der Waals surface area (Å²) in [5.74, 6) is -0.212. The summed E-state index contributed by atoms with van der Waals surface area (Å²) in [6.45, 7) is 0.363. The van der Waals surface area contributed by atoms with Crippen molar-refractivity contribution in [3.05, 3.63) is 89.7 Å². The summed E-state index contributed by atoms with van der Waals surface area (Å²) in [5.41, 5.74) is 2.87. The minimum Gasteiger partial charge on any atom is -0.334 e. The van der Waals surface area contributed by atoms with Gasteiger partial charge in [0.05, 0.1) is 17.4 Å². The molecule has 0 aliphatic rings. The molecule has 0 atom stereocenters. The Morgan fingerprint density at radius 1 is 0.900 bits per heavy atom. The summed E-state index contributed by atoms with van der Waals surface area (Å²) in [4.78, 5) is 15.9. The van der Waals surface area contributed by atoms with Crippen molar-refractivity contribution in [3.8, 4) is 6.07 Å². The zero-order valence-corrected chi connectivity index (χ0v) is 16.7. The average Bonchev–Trinajstić information content (AvgIpc) is 2.74. The number of rotatable bonds is 7. The fourth-order valence-electron chi connectivity index (χ4n) is 2.59. The number of nitrogens with one attached hydrogen (secondary N) is 3. The fraction of sp³-hybridized carbons (Fsp3) is 0.0952. The van der Waals surface area contributed by atoms with Crippen LogP contribution in [0.3, 0.4) is 0 Å². The molecule has 152 valence electrons. The van der Waals surface area contributed by atoms with Crippen molar-refractivity contribution in [2.75, 3.05) is 10.0 Å². The standard InChI is InChI=1S/C21H19N5O3S/c22-13-16-1-3-18(4-2-16)15-30(28,29)26-20-7-5-19(6-8-20)25-21(27)24-14-17-9-11-23-12-10-17/h1-12,26H,14-15H2,(H2,24,25,27). The Hall–Kier alpha value is -3.90. The van der Waals surface area contributed by atoms with Gasteiger partial charge in [0.25, 0.3) is 0 Å². The Labute approximate surface area is 174 Å². The summed E-state index contributed by atoms with van der Waals surface area (Å²) >= 11 is 0. The van der Waals surface area contributed by atoms with Gasteiger partial charge in [0.2, 0.25) is 10.0 Å². The topological polar surface area (TPSA) is 124 Å². The van der Waals surface area contributed by atoms with E-state index in [1.807, 2.05) is 6.07 Å². The highest BCUT2D eigenvalue weighted by atomic mass is 32.2. The van der Waals surface area contributed by atoms with Gasteiger partial charge in [0.15, 0.2) is 0 Å². The minimum absolute atomic E-state index is 0.212. The average molecular weight is 421 g/mol. The highest BCUT2D eigenvalue weighted by Crippen LogP contribution is 2.17. The molecule has 0 aliphatic heterocycles. The predicted molar refractivity (Wildman–Crippen MR) is 114 cm³/mol. The molecule has 0 radical (unpaired) electrons. The van der Waals surface area contributed by atoms with Crippen molar-refractivity contribution in [1.29, 1.82) is 5.26 Å². The molecule has 0 saturated heterocycles. The first kappa shape index (κ1) is 20.8. The first-order valence-corrected chi connectivity index (χ1v) is 10.6. The maximum absolute atomic E-state index is 12.3. The zero-order valence-electron chi connectivity index (χ0n) is 15.9. The smallest absolute Gasteiger partial charge is 0.319 e. The van der Waals surface area contributed by atoms with Crippen LogP contribution >= 0.6 is 0 Å². The number of hydrogen-bond acceptors (Lipinski definition) is 5. The molecule has 0 fully saturated rings. The predicted octanol–water partition coefficient (Wildman–Crippen LogP) is 3.22. The van der Waals surface area contributed by atoms with Crippen molar-refractivity contribution < 1.29 is 13.2 Å². The van der Waals surface area contributed by atoms with Crippen molar-refractivity contribution in [2.45, 2.75) is 12.3 Å². The number of hydrogen-bond donors (Lipinski definition) is 3. The van der Waals surface area contributed by atoms with Crippen LogP contribution in [0.1, 0.15) is 16.7 Å². The van der Waals surface area contributed by atoms with Crippen LogP contribution in [0.25, 0.3) is 0 Å². The lowest BCUT2D eigenvalue weighted by Gasteiger charge is -2.10. The Kier molecular flexibility index (Phi) is 6.62. The van der Waals surface area contributed by atoms with E-state index in [2.05, 4.69) is 20.3 Å².